The molecule has 104 valence electrons. The van der Waals surface area contributed by atoms with Gasteiger partial charge in [-0.1, -0.05) is 0 Å². The van der Waals surface area contributed by atoms with Crippen LogP contribution in [0.3, 0.4) is 0 Å². The van der Waals surface area contributed by atoms with Crippen molar-refractivity contribution in [3.63, 3.8) is 0 Å². The molecule has 0 aliphatic carbocycles. The van der Waals surface area contributed by atoms with Crippen molar-refractivity contribution in [2.75, 3.05) is 20.8 Å². The smallest absolute Gasteiger partial charge is 0.167 e. The number of imidazole rings is 1. The van der Waals surface area contributed by atoms with E-state index in [-0.39, 0.29) is 11.1 Å². The molecular formula is C13H16ClFN2O2. The van der Waals surface area contributed by atoms with Gasteiger partial charge in [-0.25, -0.2) is 9.37 Å². The van der Waals surface area contributed by atoms with E-state index in [0.717, 1.165) is 5.52 Å². The number of methoxy groups -OCH3 is 2. The Labute approximate surface area is 116 Å². The highest BCUT2D eigenvalue weighted by atomic mass is 35.5. The lowest BCUT2D eigenvalue weighted by Crippen LogP contribution is -2.08. The summed E-state index contributed by atoms with van der Waals surface area (Å²) in [6.07, 6.45) is 0. The molecule has 1 atom stereocenters. The van der Waals surface area contributed by atoms with E-state index in [1.165, 1.54) is 13.2 Å². The Morgan fingerprint density at radius 2 is 2.16 bits per heavy atom. The summed E-state index contributed by atoms with van der Waals surface area (Å²) in [7, 11) is 3.06. The lowest BCUT2D eigenvalue weighted by molar-refractivity contribution is 0.187. The topological polar surface area (TPSA) is 36.3 Å². The van der Waals surface area contributed by atoms with Gasteiger partial charge in [-0.05, 0) is 6.92 Å². The molecule has 0 spiro atoms. The maximum Gasteiger partial charge on any atom is 0.167 e. The number of ether oxygens (including phenoxy) is 2. The van der Waals surface area contributed by atoms with E-state index in [0.29, 0.717) is 24.5 Å². The first-order valence-electron chi connectivity index (χ1n) is 5.95. The minimum absolute atomic E-state index is 0.194. The standard InChI is InChI=1S/C13H16ClFN2O2/c1-8(14)13-16-10-6-9(15)12(19-3)7-11(10)17(13)4-5-18-2/h6-8H,4-5H2,1-3H3. The third-order valence-electron chi connectivity index (χ3n) is 2.93. The Balaban J connectivity index is 2.61. The van der Waals surface area contributed by atoms with Gasteiger partial charge in [0.1, 0.15) is 5.82 Å². The third-order valence-corrected chi connectivity index (χ3v) is 3.12. The number of aromatic nitrogens is 2. The minimum Gasteiger partial charge on any atom is -0.494 e. The molecule has 0 bridgehead atoms. The van der Waals surface area contributed by atoms with Crippen LogP contribution in [0.5, 0.6) is 5.75 Å². The second-order valence-corrected chi connectivity index (χ2v) is 4.86. The van der Waals surface area contributed by atoms with Crippen LogP contribution in [0.1, 0.15) is 18.1 Å². The summed E-state index contributed by atoms with van der Waals surface area (Å²) in [5, 5.41) is -0.265. The van der Waals surface area contributed by atoms with Gasteiger partial charge in [-0.15, -0.1) is 11.6 Å². The Morgan fingerprint density at radius 1 is 1.42 bits per heavy atom. The average molecular weight is 287 g/mol. The highest BCUT2D eigenvalue weighted by Crippen LogP contribution is 2.29. The van der Waals surface area contributed by atoms with Gasteiger partial charge < -0.3 is 14.0 Å². The van der Waals surface area contributed by atoms with E-state index in [9.17, 15) is 4.39 Å². The van der Waals surface area contributed by atoms with Gasteiger partial charge in [-0.2, -0.15) is 0 Å². The van der Waals surface area contributed by atoms with Crippen LogP contribution in [0, 0.1) is 5.82 Å². The van der Waals surface area contributed by atoms with Gasteiger partial charge in [0.15, 0.2) is 11.6 Å². The zero-order valence-corrected chi connectivity index (χ0v) is 11.9. The van der Waals surface area contributed by atoms with Gasteiger partial charge in [-0.3, -0.25) is 0 Å². The van der Waals surface area contributed by atoms with Crippen LogP contribution >= 0.6 is 11.6 Å². The number of hydrogen-bond acceptors (Lipinski definition) is 3. The van der Waals surface area contributed by atoms with E-state index < -0.39 is 5.82 Å². The molecule has 0 amide bonds. The molecule has 0 N–H and O–H groups in total. The highest BCUT2D eigenvalue weighted by molar-refractivity contribution is 6.20. The van der Waals surface area contributed by atoms with Gasteiger partial charge in [0, 0.05) is 25.8 Å². The fourth-order valence-corrected chi connectivity index (χ4v) is 2.19. The van der Waals surface area contributed by atoms with E-state index in [2.05, 4.69) is 4.98 Å². The molecule has 0 fully saturated rings. The second-order valence-electron chi connectivity index (χ2n) is 4.21. The molecule has 1 unspecified atom stereocenters. The summed E-state index contributed by atoms with van der Waals surface area (Å²) < 4.78 is 25.7. The quantitative estimate of drug-likeness (QED) is 0.792. The molecule has 0 saturated heterocycles. The third kappa shape index (κ3) is 2.67. The minimum atomic E-state index is -0.430. The Bertz CT molecular complexity index is 584. The van der Waals surface area contributed by atoms with Crippen LogP contribution in [0.25, 0.3) is 11.0 Å². The van der Waals surface area contributed by atoms with Gasteiger partial charge in [0.2, 0.25) is 0 Å². The maximum absolute atomic E-state index is 13.7. The Morgan fingerprint density at radius 3 is 2.74 bits per heavy atom. The number of alkyl halides is 1. The van der Waals surface area contributed by atoms with Crippen LogP contribution in [0.2, 0.25) is 0 Å². The first-order chi connectivity index (χ1) is 9.08. The summed E-state index contributed by atoms with van der Waals surface area (Å²) >= 11 is 6.12. The Kier molecular flexibility index (Phi) is 4.27. The van der Waals surface area contributed by atoms with Gasteiger partial charge in [0.05, 0.1) is 30.1 Å². The number of hydrogen-bond donors (Lipinski definition) is 0. The van der Waals surface area contributed by atoms with Crippen molar-refractivity contribution in [2.45, 2.75) is 18.8 Å². The lowest BCUT2D eigenvalue weighted by atomic mass is 10.3. The van der Waals surface area contributed by atoms with Crippen LogP contribution < -0.4 is 4.74 Å². The van der Waals surface area contributed by atoms with Gasteiger partial charge >= 0.3 is 0 Å². The van der Waals surface area contributed by atoms with Crippen LogP contribution in [0.4, 0.5) is 4.39 Å². The normalized spacial score (nSPS) is 12.9. The molecular weight excluding hydrogens is 271 g/mol. The monoisotopic (exact) mass is 286 g/mol. The largest absolute Gasteiger partial charge is 0.494 e. The molecule has 19 heavy (non-hydrogen) atoms. The van der Waals surface area contributed by atoms with Crippen molar-refractivity contribution in [1.29, 1.82) is 0 Å². The van der Waals surface area contributed by atoms with E-state index >= 15 is 0 Å². The van der Waals surface area contributed by atoms with Crippen LogP contribution in [-0.2, 0) is 11.3 Å². The number of rotatable bonds is 5. The summed E-state index contributed by atoms with van der Waals surface area (Å²) in [4.78, 5) is 4.38. The van der Waals surface area contributed by atoms with Crippen molar-refractivity contribution < 1.29 is 13.9 Å². The zero-order chi connectivity index (χ0) is 14.0. The zero-order valence-electron chi connectivity index (χ0n) is 11.1. The van der Waals surface area contributed by atoms with Crippen molar-refractivity contribution in [1.82, 2.24) is 9.55 Å². The van der Waals surface area contributed by atoms with Crippen molar-refractivity contribution in [3.8, 4) is 5.75 Å². The van der Waals surface area contributed by atoms with Crippen molar-refractivity contribution in [2.24, 2.45) is 0 Å². The molecule has 1 aromatic heterocycles. The first-order valence-corrected chi connectivity index (χ1v) is 6.38. The number of nitrogens with zero attached hydrogens (tertiary/aromatic N) is 2. The van der Waals surface area contributed by atoms with Crippen molar-refractivity contribution >= 4 is 22.6 Å². The van der Waals surface area contributed by atoms with Crippen LogP contribution in [0.15, 0.2) is 12.1 Å². The average Bonchev–Trinajstić information content (AvgIpc) is 2.73. The predicted molar refractivity (Wildman–Crippen MR) is 72.4 cm³/mol. The number of fused-ring (bicyclic) bond motifs is 1. The lowest BCUT2D eigenvalue weighted by Gasteiger charge is -2.10. The summed E-state index contributed by atoms with van der Waals surface area (Å²) in [6, 6.07) is 3.00. The molecule has 2 aromatic rings. The number of benzene rings is 1. The fourth-order valence-electron chi connectivity index (χ4n) is 2.02. The molecule has 4 nitrogen and oxygen atoms in total. The Hall–Kier alpha value is -1.33. The molecule has 1 aromatic carbocycles. The second kappa shape index (κ2) is 5.75. The molecule has 1 heterocycles. The molecule has 0 aliphatic heterocycles. The summed E-state index contributed by atoms with van der Waals surface area (Å²) in [6.45, 7) is 2.97. The van der Waals surface area contributed by atoms with E-state index in [1.807, 2.05) is 11.5 Å². The van der Waals surface area contributed by atoms with E-state index in [1.54, 1.807) is 13.2 Å². The molecule has 0 radical (unpaired) electrons. The molecule has 6 heteroatoms. The molecule has 2 rings (SSSR count). The SMILES string of the molecule is COCCn1c(C(C)Cl)nc2cc(F)c(OC)cc21. The van der Waals surface area contributed by atoms with E-state index in [4.69, 9.17) is 21.1 Å². The first kappa shape index (κ1) is 14.1. The maximum atomic E-state index is 13.7. The predicted octanol–water partition coefficient (Wildman–Crippen LogP) is 3.13. The van der Waals surface area contributed by atoms with Crippen LogP contribution in [-0.4, -0.2) is 30.4 Å². The molecule has 0 saturated carbocycles. The highest BCUT2D eigenvalue weighted by Gasteiger charge is 2.17. The van der Waals surface area contributed by atoms with Crippen molar-refractivity contribution in [3.05, 3.63) is 23.8 Å². The molecule has 0 aliphatic rings. The number of halogens is 2. The summed E-state index contributed by atoms with van der Waals surface area (Å²) in [5.74, 6) is 0.460. The van der Waals surface area contributed by atoms with Gasteiger partial charge in [0.25, 0.3) is 0 Å². The fraction of sp³-hybridized carbons (Fsp3) is 0.462. The summed E-state index contributed by atoms with van der Waals surface area (Å²) in [5.41, 5.74) is 1.36.